The van der Waals surface area contributed by atoms with Crippen LogP contribution in [-0.2, 0) is 0 Å². The highest BCUT2D eigenvalue weighted by Gasteiger charge is 2.09. The van der Waals surface area contributed by atoms with Gasteiger partial charge in [0.1, 0.15) is 5.75 Å². The molecule has 0 radical (unpaired) electrons. The molecule has 0 unspecified atom stereocenters. The molecule has 0 atom stereocenters. The van der Waals surface area contributed by atoms with Gasteiger partial charge in [-0.05, 0) is 24.3 Å². The van der Waals surface area contributed by atoms with Gasteiger partial charge in [0.25, 0.3) is 5.56 Å². The van der Waals surface area contributed by atoms with Gasteiger partial charge in [0.15, 0.2) is 0 Å². The fraction of sp³-hybridized carbons (Fsp3) is 0.0714. The summed E-state index contributed by atoms with van der Waals surface area (Å²) in [5.41, 5.74) is -0.0286. The number of benzene rings is 1. The predicted molar refractivity (Wildman–Crippen MR) is 74.5 cm³/mol. The first-order valence-electron chi connectivity index (χ1n) is 5.94. The van der Waals surface area contributed by atoms with Crippen LogP contribution in [0.1, 0.15) is 0 Å². The van der Waals surface area contributed by atoms with E-state index >= 15 is 0 Å². The normalized spacial score (nSPS) is 10.7. The third-order valence-electron chi connectivity index (χ3n) is 3.01. The van der Waals surface area contributed by atoms with Crippen LogP contribution in [0.2, 0.25) is 0 Å². The summed E-state index contributed by atoms with van der Waals surface area (Å²) in [5, 5.41) is 0.411. The molecule has 3 aromatic rings. The minimum atomic E-state index is -0.510. The van der Waals surface area contributed by atoms with Crippen molar-refractivity contribution in [2.75, 3.05) is 7.11 Å². The number of hydrogen-bond donors (Lipinski definition) is 1. The van der Waals surface area contributed by atoms with E-state index in [1.165, 1.54) is 13.3 Å². The summed E-state index contributed by atoms with van der Waals surface area (Å²) in [4.78, 5) is 31.1. The van der Waals surface area contributed by atoms with Crippen molar-refractivity contribution in [1.82, 2.24) is 14.5 Å². The van der Waals surface area contributed by atoms with E-state index in [0.29, 0.717) is 22.3 Å². The molecule has 1 N–H and O–H groups in total. The van der Waals surface area contributed by atoms with Gasteiger partial charge in [0.2, 0.25) is 0 Å². The maximum atomic E-state index is 12.4. The summed E-state index contributed by atoms with van der Waals surface area (Å²) in [6.07, 6.45) is 3.04. The molecule has 1 aromatic carbocycles. The lowest BCUT2D eigenvalue weighted by molar-refractivity contribution is 0.415. The molecule has 100 valence electrons. The molecule has 6 nitrogen and oxygen atoms in total. The quantitative estimate of drug-likeness (QED) is 0.755. The Balaban J connectivity index is 2.36. The smallest absolute Gasteiger partial charge is 0.333 e. The van der Waals surface area contributed by atoms with E-state index in [1.807, 2.05) is 0 Å². The number of fused-ring (bicyclic) bond motifs is 1. The van der Waals surface area contributed by atoms with Crippen LogP contribution in [0.4, 0.5) is 0 Å². The molecule has 0 aliphatic rings. The van der Waals surface area contributed by atoms with E-state index in [4.69, 9.17) is 4.74 Å². The third kappa shape index (κ3) is 1.87. The second kappa shape index (κ2) is 4.65. The molecule has 2 aromatic heterocycles. The lowest BCUT2D eigenvalue weighted by Crippen LogP contribution is -2.33. The standard InChI is InChI=1S/C14H11N3O3/c1-20-10-4-5-11-12(7-10)16-14(19)17(13(11)18)9-3-2-6-15-8-9/h2-8H,1H3,(H,16,19). The van der Waals surface area contributed by atoms with Crippen LogP contribution in [-0.4, -0.2) is 21.6 Å². The van der Waals surface area contributed by atoms with E-state index in [-0.39, 0.29) is 5.56 Å². The van der Waals surface area contributed by atoms with E-state index < -0.39 is 5.69 Å². The zero-order chi connectivity index (χ0) is 14.1. The van der Waals surface area contributed by atoms with Crippen LogP contribution in [0.3, 0.4) is 0 Å². The highest BCUT2D eigenvalue weighted by Crippen LogP contribution is 2.15. The van der Waals surface area contributed by atoms with Crippen molar-refractivity contribution in [1.29, 1.82) is 0 Å². The number of ether oxygens (including phenoxy) is 1. The number of aromatic nitrogens is 3. The molecule has 0 aliphatic carbocycles. The number of aromatic amines is 1. The Kier molecular flexibility index (Phi) is 2.83. The van der Waals surface area contributed by atoms with Gasteiger partial charge in [-0.25, -0.2) is 9.36 Å². The van der Waals surface area contributed by atoms with Crippen molar-refractivity contribution >= 4 is 10.9 Å². The average molecular weight is 269 g/mol. The van der Waals surface area contributed by atoms with Gasteiger partial charge >= 0.3 is 5.69 Å². The summed E-state index contributed by atoms with van der Waals surface area (Å²) in [6, 6.07) is 8.24. The maximum absolute atomic E-state index is 12.4. The number of pyridine rings is 1. The Labute approximate surface area is 113 Å². The zero-order valence-electron chi connectivity index (χ0n) is 10.7. The molecule has 6 heteroatoms. The Bertz CT molecular complexity index is 882. The predicted octanol–water partition coefficient (Wildman–Crippen LogP) is 1.08. The average Bonchev–Trinajstić information content (AvgIpc) is 2.47. The second-order valence-electron chi connectivity index (χ2n) is 4.19. The van der Waals surface area contributed by atoms with Crippen LogP contribution in [0.25, 0.3) is 16.6 Å². The topological polar surface area (TPSA) is 77.0 Å². The SMILES string of the molecule is COc1ccc2c(=O)n(-c3cccnc3)c(=O)[nH]c2c1. The number of methoxy groups -OCH3 is 1. The number of nitrogens with one attached hydrogen (secondary N) is 1. The summed E-state index contributed by atoms with van der Waals surface area (Å²) >= 11 is 0. The summed E-state index contributed by atoms with van der Waals surface area (Å²) in [5.74, 6) is 0.576. The van der Waals surface area contributed by atoms with Crippen molar-refractivity contribution in [3.63, 3.8) is 0 Å². The fourth-order valence-electron chi connectivity index (χ4n) is 2.04. The third-order valence-corrected chi connectivity index (χ3v) is 3.01. The van der Waals surface area contributed by atoms with Gasteiger partial charge in [0.05, 0.1) is 29.9 Å². The Morgan fingerprint density at radius 1 is 1.25 bits per heavy atom. The van der Waals surface area contributed by atoms with Gasteiger partial charge in [-0.3, -0.25) is 9.78 Å². The van der Waals surface area contributed by atoms with Crippen LogP contribution < -0.4 is 16.0 Å². The first kappa shape index (κ1) is 12.2. The molecule has 0 saturated carbocycles. The highest BCUT2D eigenvalue weighted by molar-refractivity contribution is 5.79. The Morgan fingerprint density at radius 3 is 2.80 bits per heavy atom. The van der Waals surface area contributed by atoms with Crippen LogP contribution in [0, 0.1) is 0 Å². The first-order chi connectivity index (χ1) is 9.70. The minimum absolute atomic E-state index is 0.389. The van der Waals surface area contributed by atoms with Crippen molar-refractivity contribution in [3.8, 4) is 11.4 Å². The largest absolute Gasteiger partial charge is 0.497 e. The van der Waals surface area contributed by atoms with E-state index in [1.54, 1.807) is 36.5 Å². The van der Waals surface area contributed by atoms with E-state index in [0.717, 1.165) is 4.57 Å². The summed E-state index contributed by atoms with van der Waals surface area (Å²) < 4.78 is 6.13. The minimum Gasteiger partial charge on any atom is -0.497 e. The van der Waals surface area contributed by atoms with Gasteiger partial charge < -0.3 is 9.72 Å². The molecule has 0 aliphatic heterocycles. The van der Waals surface area contributed by atoms with Crippen molar-refractivity contribution in [2.24, 2.45) is 0 Å². The fourth-order valence-corrected chi connectivity index (χ4v) is 2.04. The van der Waals surface area contributed by atoms with Gasteiger partial charge in [0, 0.05) is 12.3 Å². The van der Waals surface area contributed by atoms with Crippen LogP contribution in [0.15, 0.2) is 52.3 Å². The van der Waals surface area contributed by atoms with Gasteiger partial charge in [-0.2, -0.15) is 0 Å². The van der Waals surface area contributed by atoms with E-state index in [2.05, 4.69) is 9.97 Å². The summed E-state index contributed by atoms with van der Waals surface area (Å²) in [7, 11) is 1.52. The van der Waals surface area contributed by atoms with Crippen LogP contribution in [0.5, 0.6) is 5.75 Å². The zero-order valence-corrected chi connectivity index (χ0v) is 10.7. The molecule has 0 spiro atoms. The molecule has 0 bridgehead atoms. The van der Waals surface area contributed by atoms with Crippen molar-refractivity contribution in [2.45, 2.75) is 0 Å². The Morgan fingerprint density at radius 2 is 2.10 bits per heavy atom. The van der Waals surface area contributed by atoms with Gasteiger partial charge in [-0.1, -0.05) is 0 Å². The number of rotatable bonds is 2. The monoisotopic (exact) mass is 269 g/mol. The van der Waals surface area contributed by atoms with Crippen molar-refractivity contribution in [3.05, 3.63) is 63.6 Å². The van der Waals surface area contributed by atoms with Crippen LogP contribution >= 0.6 is 0 Å². The second-order valence-corrected chi connectivity index (χ2v) is 4.19. The molecule has 3 rings (SSSR count). The number of hydrogen-bond acceptors (Lipinski definition) is 4. The molecule has 0 fully saturated rings. The lowest BCUT2D eigenvalue weighted by atomic mass is 10.2. The molecule has 0 saturated heterocycles. The molecular weight excluding hydrogens is 258 g/mol. The van der Waals surface area contributed by atoms with Gasteiger partial charge in [-0.15, -0.1) is 0 Å². The summed E-state index contributed by atoms with van der Waals surface area (Å²) in [6.45, 7) is 0. The molecule has 2 heterocycles. The number of H-pyrrole nitrogens is 1. The Hall–Kier alpha value is -2.89. The maximum Gasteiger partial charge on any atom is 0.333 e. The highest BCUT2D eigenvalue weighted by atomic mass is 16.5. The molecule has 0 amide bonds. The van der Waals surface area contributed by atoms with E-state index in [9.17, 15) is 9.59 Å². The number of nitrogens with zero attached hydrogens (tertiary/aromatic N) is 2. The molecule has 20 heavy (non-hydrogen) atoms. The van der Waals surface area contributed by atoms with Crippen molar-refractivity contribution < 1.29 is 4.74 Å². The first-order valence-corrected chi connectivity index (χ1v) is 5.94. The molecular formula is C14H11N3O3. The lowest BCUT2D eigenvalue weighted by Gasteiger charge is -2.06.